The summed E-state index contributed by atoms with van der Waals surface area (Å²) in [6, 6.07) is 19.7. The summed E-state index contributed by atoms with van der Waals surface area (Å²) < 4.78 is 10.4. The minimum atomic E-state index is -1.12. The Kier molecular flexibility index (Phi) is 9.68. The number of carbonyl (C=O) groups excluding carboxylic acids is 4. The van der Waals surface area contributed by atoms with Crippen LogP contribution in [0.2, 0.25) is 0 Å². The fourth-order valence-corrected chi connectivity index (χ4v) is 7.19. The van der Waals surface area contributed by atoms with Gasteiger partial charge in [-0.15, -0.1) is 0 Å². The summed E-state index contributed by atoms with van der Waals surface area (Å²) in [5.74, 6) is -0.794. The zero-order valence-corrected chi connectivity index (χ0v) is 26.8. The molecule has 4 fully saturated rings. The Balaban J connectivity index is 0.000000178. The number of esters is 2. The number of nitrogens with zero attached hydrogens (tertiary/aromatic N) is 2. The fraction of sp³-hybridized carbons (Fsp3) is 0.556. The first-order valence-corrected chi connectivity index (χ1v) is 16.3. The third kappa shape index (κ3) is 6.37. The molecule has 0 bridgehead atoms. The third-order valence-electron chi connectivity index (χ3n) is 10.4. The Morgan fingerprint density at radius 3 is 1.71 bits per heavy atom. The molecule has 2 aliphatic carbocycles. The van der Waals surface area contributed by atoms with Gasteiger partial charge in [-0.2, -0.15) is 0 Å². The van der Waals surface area contributed by atoms with Crippen LogP contribution in [0.1, 0.15) is 83.0 Å². The number of likely N-dealkylation sites (tertiary alicyclic amines) is 2. The van der Waals surface area contributed by atoms with E-state index >= 15 is 0 Å². The molecule has 2 amide bonds. The van der Waals surface area contributed by atoms with E-state index in [1.807, 2.05) is 79.4 Å². The molecule has 2 aliphatic heterocycles. The Labute approximate surface area is 265 Å². The molecule has 2 saturated carbocycles. The maximum Gasteiger partial charge on any atom is 0.312 e. The molecule has 242 valence electrons. The number of aliphatic hydroxyl groups is 1. The smallest absolute Gasteiger partial charge is 0.312 e. The lowest BCUT2D eigenvalue weighted by Gasteiger charge is -2.26. The van der Waals surface area contributed by atoms with Crippen molar-refractivity contribution in [2.24, 2.45) is 22.7 Å². The predicted octanol–water partition coefficient (Wildman–Crippen LogP) is 4.85. The number of amides is 2. The quantitative estimate of drug-likeness (QED) is 0.379. The highest BCUT2D eigenvalue weighted by molar-refractivity contribution is 5.88. The maximum absolute atomic E-state index is 12.5. The Morgan fingerprint density at radius 2 is 1.24 bits per heavy atom. The standard InChI is InChI=1S/C18H23NO4.C18H23NO3/c1-3-23-17(22)18(9-10-18)14-11-19(16(21)15(14)20)12(2)13-7-5-4-6-8-13;1-3-22-17(21)18(9-10-18)15-11-16(20)19(12-15)13(2)14-7-5-4-6-8-14/h4-8,12,14-15,20H,3,9-11H2,1-2H3;4-8,13,15H,3,9-12H2,1-2H3/t12-,14-,15+;13-,15+/m00/s1. The summed E-state index contributed by atoms with van der Waals surface area (Å²) >= 11 is 0. The molecule has 0 spiro atoms. The number of rotatable bonds is 10. The molecule has 2 saturated heterocycles. The lowest BCUT2D eigenvalue weighted by molar-refractivity contribution is -0.154. The first-order valence-electron chi connectivity index (χ1n) is 16.3. The first kappa shape index (κ1) is 32.7. The van der Waals surface area contributed by atoms with E-state index in [1.54, 1.807) is 11.8 Å². The van der Waals surface area contributed by atoms with Crippen LogP contribution in [0.15, 0.2) is 60.7 Å². The molecule has 6 rings (SSSR count). The predicted molar refractivity (Wildman–Crippen MR) is 167 cm³/mol. The second-order valence-corrected chi connectivity index (χ2v) is 12.9. The monoisotopic (exact) mass is 618 g/mol. The molecule has 0 radical (unpaired) electrons. The van der Waals surface area contributed by atoms with Crippen LogP contribution in [-0.4, -0.2) is 71.1 Å². The highest BCUT2D eigenvalue weighted by atomic mass is 16.5. The van der Waals surface area contributed by atoms with Gasteiger partial charge in [0.2, 0.25) is 5.91 Å². The molecular weight excluding hydrogens is 572 g/mol. The number of hydrogen-bond acceptors (Lipinski definition) is 7. The van der Waals surface area contributed by atoms with E-state index < -0.39 is 16.9 Å². The summed E-state index contributed by atoms with van der Waals surface area (Å²) in [7, 11) is 0. The zero-order chi connectivity index (χ0) is 32.4. The van der Waals surface area contributed by atoms with Crippen molar-refractivity contribution in [3.05, 3.63) is 71.8 Å². The van der Waals surface area contributed by atoms with Gasteiger partial charge < -0.3 is 24.4 Å². The average molecular weight is 619 g/mol. The van der Waals surface area contributed by atoms with Crippen LogP contribution in [0.4, 0.5) is 0 Å². The van der Waals surface area contributed by atoms with Gasteiger partial charge >= 0.3 is 11.9 Å². The van der Waals surface area contributed by atoms with E-state index in [4.69, 9.17) is 9.47 Å². The molecule has 5 atom stereocenters. The van der Waals surface area contributed by atoms with Crippen molar-refractivity contribution in [1.29, 1.82) is 0 Å². The number of ether oxygens (including phenoxy) is 2. The lowest BCUT2D eigenvalue weighted by Crippen LogP contribution is -2.36. The molecular formula is C36H46N2O7. The number of benzene rings is 2. The van der Waals surface area contributed by atoms with Gasteiger partial charge in [0.1, 0.15) is 6.10 Å². The van der Waals surface area contributed by atoms with Crippen molar-refractivity contribution < 1.29 is 33.8 Å². The van der Waals surface area contributed by atoms with Gasteiger partial charge in [0.25, 0.3) is 5.91 Å². The largest absolute Gasteiger partial charge is 0.466 e. The van der Waals surface area contributed by atoms with Crippen molar-refractivity contribution >= 4 is 23.8 Å². The van der Waals surface area contributed by atoms with Crippen molar-refractivity contribution in [2.75, 3.05) is 26.3 Å². The maximum atomic E-state index is 12.5. The summed E-state index contributed by atoms with van der Waals surface area (Å²) in [4.78, 5) is 53.0. The molecule has 0 unspecified atom stereocenters. The van der Waals surface area contributed by atoms with E-state index in [9.17, 15) is 24.3 Å². The van der Waals surface area contributed by atoms with Gasteiger partial charge in [-0.3, -0.25) is 19.2 Å². The number of carbonyl (C=O) groups is 4. The highest BCUT2D eigenvalue weighted by Crippen LogP contribution is 2.57. The third-order valence-corrected chi connectivity index (χ3v) is 10.4. The molecule has 9 nitrogen and oxygen atoms in total. The summed E-state index contributed by atoms with van der Waals surface area (Å²) in [6.07, 6.45) is 2.45. The first-order chi connectivity index (χ1) is 21.6. The SMILES string of the molecule is CCOC(=O)C1([C@@H]2CC(=O)N([C@@H](C)c3ccccc3)C2)CC1.CCOC(=O)C1([C@H]2CN([C@@H](C)c3ccccc3)C(=O)[C@@H]2O)CC1. The Bertz CT molecular complexity index is 1370. The summed E-state index contributed by atoms with van der Waals surface area (Å²) in [5, 5.41) is 10.4. The van der Waals surface area contributed by atoms with Gasteiger partial charge in [-0.1, -0.05) is 60.7 Å². The number of hydrogen-bond donors (Lipinski definition) is 1. The van der Waals surface area contributed by atoms with Gasteiger partial charge in [0, 0.05) is 31.3 Å². The van der Waals surface area contributed by atoms with Gasteiger partial charge in [0.15, 0.2) is 0 Å². The van der Waals surface area contributed by atoms with Crippen LogP contribution in [0.25, 0.3) is 0 Å². The van der Waals surface area contributed by atoms with Crippen LogP contribution < -0.4 is 0 Å². The van der Waals surface area contributed by atoms with Gasteiger partial charge in [-0.25, -0.2) is 0 Å². The molecule has 1 N–H and O–H groups in total. The van der Waals surface area contributed by atoms with Gasteiger partial charge in [0.05, 0.1) is 36.1 Å². The molecule has 2 aromatic rings. The second-order valence-electron chi connectivity index (χ2n) is 12.9. The van der Waals surface area contributed by atoms with Crippen molar-refractivity contribution in [3.8, 4) is 0 Å². The Morgan fingerprint density at radius 1 is 0.778 bits per heavy atom. The van der Waals surface area contributed by atoms with E-state index in [0.717, 1.165) is 24.0 Å². The zero-order valence-electron chi connectivity index (χ0n) is 26.8. The minimum Gasteiger partial charge on any atom is -0.466 e. The summed E-state index contributed by atoms with van der Waals surface area (Å²) in [5.41, 5.74) is 1.10. The molecule has 2 aromatic carbocycles. The molecule has 45 heavy (non-hydrogen) atoms. The van der Waals surface area contributed by atoms with Crippen LogP contribution in [0.3, 0.4) is 0 Å². The van der Waals surface area contributed by atoms with E-state index in [0.29, 0.717) is 45.6 Å². The van der Waals surface area contributed by atoms with E-state index in [2.05, 4.69) is 6.92 Å². The molecule has 9 heteroatoms. The highest BCUT2D eigenvalue weighted by Gasteiger charge is 2.63. The average Bonchev–Trinajstić information content (AvgIpc) is 3.98. The lowest BCUT2D eigenvalue weighted by atomic mass is 9.86. The fourth-order valence-electron chi connectivity index (χ4n) is 7.19. The normalized spacial score (nSPS) is 25.6. The van der Waals surface area contributed by atoms with Crippen molar-refractivity contribution in [2.45, 2.75) is 78.0 Å². The Hall–Kier alpha value is -3.72. The van der Waals surface area contributed by atoms with Crippen molar-refractivity contribution in [3.63, 3.8) is 0 Å². The van der Waals surface area contributed by atoms with Crippen LogP contribution in [0, 0.1) is 22.7 Å². The second kappa shape index (κ2) is 13.3. The topological polar surface area (TPSA) is 113 Å². The van der Waals surface area contributed by atoms with Crippen LogP contribution >= 0.6 is 0 Å². The molecule has 0 aromatic heterocycles. The van der Waals surface area contributed by atoms with E-state index in [1.165, 1.54) is 0 Å². The summed E-state index contributed by atoms with van der Waals surface area (Å²) in [6.45, 7) is 9.40. The molecule has 4 aliphatic rings. The minimum absolute atomic E-state index is 0.0525. The van der Waals surface area contributed by atoms with Crippen LogP contribution in [0.5, 0.6) is 0 Å². The number of aliphatic hydroxyl groups excluding tert-OH is 1. The van der Waals surface area contributed by atoms with Crippen molar-refractivity contribution in [1.82, 2.24) is 9.80 Å². The van der Waals surface area contributed by atoms with Crippen LogP contribution in [-0.2, 0) is 28.7 Å². The molecule has 2 heterocycles. The van der Waals surface area contributed by atoms with E-state index in [-0.39, 0.29) is 47.7 Å². The van der Waals surface area contributed by atoms with Gasteiger partial charge in [-0.05, 0) is 64.5 Å².